The zero-order chi connectivity index (χ0) is 48.4. The van der Waals surface area contributed by atoms with Crippen molar-refractivity contribution in [3.05, 3.63) is 236 Å². The van der Waals surface area contributed by atoms with Gasteiger partial charge in [-0.2, -0.15) is 0 Å². The molecule has 0 aliphatic carbocycles. The van der Waals surface area contributed by atoms with Crippen LogP contribution in [0.1, 0.15) is 16.4 Å². The van der Waals surface area contributed by atoms with Crippen molar-refractivity contribution in [1.82, 2.24) is 4.57 Å². The van der Waals surface area contributed by atoms with Crippen LogP contribution in [-0.2, 0) is 0 Å². The minimum Gasteiger partial charge on any atom is -0.311 e. The van der Waals surface area contributed by atoms with Gasteiger partial charge in [0.05, 0.1) is 27.5 Å². The summed E-state index contributed by atoms with van der Waals surface area (Å²) in [5, 5.41) is 1.84. The molecule has 3 heteroatoms. The fraction of sp³-hybridized carbons (Fsp3) is 0. The molecular weight excluding hydrogens is 691 g/mol. The van der Waals surface area contributed by atoms with Crippen LogP contribution in [0.3, 0.4) is 0 Å². The lowest BCUT2D eigenvalue weighted by Crippen LogP contribution is -2.09. The third-order valence-electron chi connectivity index (χ3n) is 9.77. The summed E-state index contributed by atoms with van der Waals surface area (Å²) in [5.74, 6) is 0. The highest BCUT2D eigenvalue weighted by molar-refractivity contribution is 6.10. The van der Waals surface area contributed by atoms with E-state index in [9.17, 15) is 16.4 Å². The Morgan fingerprint density at radius 3 is 1.14 bits per heavy atom. The molecule has 10 rings (SSSR count). The van der Waals surface area contributed by atoms with Crippen LogP contribution in [0.4, 0.5) is 34.1 Å². The first-order chi connectivity index (χ1) is 33.3. The normalized spacial score (nSPS) is 14.1. The molecule has 9 aromatic carbocycles. The van der Waals surface area contributed by atoms with Gasteiger partial charge in [-0.05, 0) is 119 Å². The third-order valence-corrected chi connectivity index (χ3v) is 9.77. The van der Waals surface area contributed by atoms with E-state index in [1.807, 2.05) is 91.0 Å². The standard InChI is InChI=1S/C54H39N3/c1-5-15-44(16-6-1)55(45-17-7-2-8-18-45)48-33-29-42(30-34-48)40-25-27-41(28-26-40)43-31-35-49(36-32-43)56(46-19-9-3-10-20-46)50-37-38-54-52(39-50)51-23-13-14-24-53(51)57(54)47-21-11-4-12-22-47/h1-39H/i25D,26D,27D,28D,29D,30D,31D,32D,33D,34D,35D,36D. The first-order valence-corrected chi connectivity index (χ1v) is 18.5. The maximum atomic E-state index is 9.52. The van der Waals surface area contributed by atoms with Crippen molar-refractivity contribution in [1.29, 1.82) is 0 Å². The van der Waals surface area contributed by atoms with Gasteiger partial charge in [0.15, 0.2) is 0 Å². The molecule has 0 unspecified atom stereocenters. The SMILES string of the molecule is [2H]c1c([2H])c(-c2c([2H])c([2H])c(N(c3ccccc3)c3ccc4c(c3)c3ccccc3n4-c3ccccc3)c([2H])c2[2H])c([2H])c([2H])c1-c1c([2H])c([2H])c(N(c2ccccc2)c2ccccc2)c([2H])c1[2H]. The van der Waals surface area contributed by atoms with Crippen molar-refractivity contribution in [2.45, 2.75) is 0 Å². The molecule has 1 aromatic heterocycles. The van der Waals surface area contributed by atoms with Crippen molar-refractivity contribution >= 4 is 55.9 Å². The molecule has 0 fully saturated rings. The van der Waals surface area contributed by atoms with Crippen LogP contribution in [0, 0.1) is 0 Å². The molecule has 1 heterocycles. The average molecular weight is 742 g/mol. The van der Waals surface area contributed by atoms with Gasteiger partial charge in [0.25, 0.3) is 0 Å². The highest BCUT2D eigenvalue weighted by atomic mass is 15.1. The number of hydrogen-bond acceptors (Lipinski definition) is 2. The van der Waals surface area contributed by atoms with Crippen molar-refractivity contribution in [3.8, 4) is 27.9 Å². The number of anilines is 6. The van der Waals surface area contributed by atoms with Crippen LogP contribution >= 0.6 is 0 Å². The van der Waals surface area contributed by atoms with Gasteiger partial charge < -0.3 is 14.4 Å². The maximum Gasteiger partial charge on any atom is 0.0645 e. The maximum absolute atomic E-state index is 9.52. The van der Waals surface area contributed by atoms with Crippen LogP contribution in [0.25, 0.3) is 49.7 Å². The Labute approximate surface area is 350 Å². The summed E-state index contributed by atoms with van der Waals surface area (Å²) in [6.07, 6.45) is 0. The zero-order valence-electron chi connectivity index (χ0n) is 42.4. The van der Waals surface area contributed by atoms with E-state index in [4.69, 9.17) is 0 Å². The summed E-state index contributed by atoms with van der Waals surface area (Å²) in [6.45, 7) is 0. The second-order valence-corrected chi connectivity index (χ2v) is 13.3. The minimum absolute atomic E-state index is 0.0924. The van der Waals surface area contributed by atoms with Crippen LogP contribution in [0.5, 0.6) is 0 Å². The minimum atomic E-state index is -0.740. The molecule has 0 atom stereocenters. The number of fused-ring (bicyclic) bond motifs is 3. The molecule has 57 heavy (non-hydrogen) atoms. The monoisotopic (exact) mass is 741 g/mol. The third kappa shape index (κ3) is 6.52. The molecule has 0 bridgehead atoms. The van der Waals surface area contributed by atoms with E-state index in [-0.39, 0.29) is 11.4 Å². The molecule has 0 saturated heterocycles. The Bertz CT molecular complexity index is 3520. The predicted molar refractivity (Wildman–Crippen MR) is 241 cm³/mol. The Morgan fingerprint density at radius 2 is 0.667 bits per heavy atom. The van der Waals surface area contributed by atoms with Gasteiger partial charge in [-0.25, -0.2) is 0 Å². The molecule has 0 radical (unpaired) electrons. The molecule has 270 valence electrons. The first kappa shape index (κ1) is 23.3. The van der Waals surface area contributed by atoms with Gasteiger partial charge in [0.1, 0.15) is 0 Å². The van der Waals surface area contributed by atoms with Crippen LogP contribution in [0.2, 0.25) is 0 Å². The summed E-state index contributed by atoms with van der Waals surface area (Å²) in [5.41, 5.74) is 2.86. The lowest BCUT2D eigenvalue weighted by molar-refractivity contribution is 1.18. The Morgan fingerprint density at radius 1 is 0.298 bits per heavy atom. The predicted octanol–water partition coefficient (Wildman–Crippen LogP) is 15.1. The van der Waals surface area contributed by atoms with E-state index in [0.717, 1.165) is 27.5 Å². The number of nitrogens with zero attached hydrogens (tertiary/aromatic N) is 3. The second-order valence-electron chi connectivity index (χ2n) is 13.3. The molecule has 3 nitrogen and oxygen atoms in total. The number of rotatable bonds is 9. The summed E-state index contributed by atoms with van der Waals surface area (Å²) in [4.78, 5) is 3.22. The quantitative estimate of drug-likeness (QED) is 0.146. The van der Waals surface area contributed by atoms with E-state index < -0.39 is 94.8 Å². The highest BCUT2D eigenvalue weighted by Gasteiger charge is 2.18. The van der Waals surface area contributed by atoms with Gasteiger partial charge in [-0.3, -0.25) is 0 Å². The van der Waals surface area contributed by atoms with Crippen molar-refractivity contribution in [2.75, 3.05) is 9.80 Å². The number of benzene rings is 9. The van der Waals surface area contributed by atoms with E-state index in [1.165, 1.54) is 0 Å². The van der Waals surface area contributed by atoms with Gasteiger partial charge in [0.2, 0.25) is 0 Å². The van der Waals surface area contributed by atoms with E-state index in [0.29, 0.717) is 22.7 Å². The van der Waals surface area contributed by atoms with Gasteiger partial charge >= 0.3 is 0 Å². The second kappa shape index (κ2) is 14.9. The van der Waals surface area contributed by atoms with Crippen LogP contribution in [0.15, 0.2) is 236 Å². The topological polar surface area (TPSA) is 11.4 Å². The Kier molecular flexibility index (Phi) is 6.10. The number of aromatic nitrogens is 1. The smallest absolute Gasteiger partial charge is 0.0645 e. The summed E-state index contributed by atoms with van der Waals surface area (Å²) < 4.78 is 114. The molecule has 0 spiro atoms. The fourth-order valence-electron chi connectivity index (χ4n) is 7.15. The van der Waals surface area contributed by atoms with E-state index >= 15 is 0 Å². The van der Waals surface area contributed by atoms with Gasteiger partial charge in [-0.15, -0.1) is 0 Å². The molecule has 0 saturated carbocycles. The van der Waals surface area contributed by atoms with E-state index in [2.05, 4.69) is 4.57 Å². The molecule has 0 aliphatic rings. The van der Waals surface area contributed by atoms with Crippen LogP contribution in [-0.4, -0.2) is 4.57 Å². The summed E-state index contributed by atoms with van der Waals surface area (Å²) >= 11 is 0. The van der Waals surface area contributed by atoms with Crippen molar-refractivity contribution in [2.24, 2.45) is 0 Å². The lowest BCUT2D eigenvalue weighted by atomic mass is 9.99. The summed E-state index contributed by atoms with van der Waals surface area (Å²) in [7, 11) is 0. The Balaban J connectivity index is 1.13. The highest BCUT2D eigenvalue weighted by Crippen LogP contribution is 2.41. The zero-order valence-corrected chi connectivity index (χ0v) is 30.4. The van der Waals surface area contributed by atoms with Crippen molar-refractivity contribution in [3.63, 3.8) is 0 Å². The Hall–Kier alpha value is -7.62. The van der Waals surface area contributed by atoms with Crippen molar-refractivity contribution < 1.29 is 16.4 Å². The fourth-order valence-corrected chi connectivity index (χ4v) is 7.15. The molecule has 0 N–H and O–H groups in total. The lowest BCUT2D eigenvalue weighted by Gasteiger charge is -2.26. The van der Waals surface area contributed by atoms with Gasteiger partial charge in [0, 0.05) is 50.6 Å². The summed E-state index contributed by atoms with van der Waals surface area (Å²) in [6, 6.07) is 43.1. The van der Waals surface area contributed by atoms with E-state index in [1.54, 1.807) is 82.6 Å². The largest absolute Gasteiger partial charge is 0.311 e. The molecular formula is C54H39N3. The first-order valence-electron chi connectivity index (χ1n) is 24.5. The molecule has 0 amide bonds. The number of hydrogen-bond donors (Lipinski definition) is 0. The van der Waals surface area contributed by atoms with Crippen LogP contribution < -0.4 is 9.80 Å². The molecule has 10 aromatic rings. The average Bonchev–Trinajstić information content (AvgIpc) is 3.71. The molecule has 0 aliphatic heterocycles. The number of para-hydroxylation sites is 5. The van der Waals surface area contributed by atoms with Gasteiger partial charge in [-0.1, -0.05) is 139 Å².